The number of likely N-dealkylation sites (N-methyl/N-ethyl adjacent to an activating group) is 1. The molecule has 0 fully saturated rings. The highest BCUT2D eigenvalue weighted by Crippen LogP contribution is 2.36. The number of halogens is 6. The zero-order valence-electron chi connectivity index (χ0n) is 22.6. The Morgan fingerprint density at radius 2 is 1.29 bits per heavy atom. The number of hydrogen-bond acceptors (Lipinski definition) is 4. The number of rotatable bonds is 14. The van der Waals surface area contributed by atoms with E-state index in [1.165, 1.54) is 17.7 Å². The van der Waals surface area contributed by atoms with E-state index in [0.29, 0.717) is 31.6 Å². The number of carboxylic acids is 1. The van der Waals surface area contributed by atoms with Crippen molar-refractivity contribution >= 4 is 5.97 Å². The lowest BCUT2D eigenvalue weighted by atomic mass is 10.0. The molecule has 41 heavy (non-hydrogen) atoms. The zero-order valence-corrected chi connectivity index (χ0v) is 22.6. The molecule has 0 aliphatic heterocycles. The summed E-state index contributed by atoms with van der Waals surface area (Å²) in [5, 5.41) is 12.5. The van der Waals surface area contributed by atoms with Gasteiger partial charge in [-0.1, -0.05) is 42.5 Å². The van der Waals surface area contributed by atoms with Crippen LogP contribution in [0.3, 0.4) is 0 Å². The highest BCUT2D eigenvalue weighted by atomic mass is 19.4. The average Bonchev–Trinajstić information content (AvgIpc) is 2.90. The number of alkyl halides is 6. The van der Waals surface area contributed by atoms with Crippen LogP contribution < -0.4 is 5.32 Å². The molecule has 11 heteroatoms. The Labute approximate surface area is 235 Å². The van der Waals surface area contributed by atoms with Gasteiger partial charge in [0, 0.05) is 39.3 Å². The van der Waals surface area contributed by atoms with Gasteiger partial charge < -0.3 is 15.3 Å². The van der Waals surface area contributed by atoms with Gasteiger partial charge in [-0.05, 0) is 67.0 Å². The fourth-order valence-electron chi connectivity index (χ4n) is 4.39. The summed E-state index contributed by atoms with van der Waals surface area (Å²) in [5.41, 5.74) is -0.846. The lowest BCUT2D eigenvalue weighted by molar-refractivity contribution is -0.143. The van der Waals surface area contributed by atoms with Crippen molar-refractivity contribution in [2.45, 2.75) is 38.4 Å². The number of carboxylic acid groups (broad SMARTS) is 1. The Morgan fingerprint density at radius 1 is 0.732 bits per heavy atom. The van der Waals surface area contributed by atoms with Crippen molar-refractivity contribution in [1.29, 1.82) is 0 Å². The quantitative estimate of drug-likeness (QED) is 0.167. The monoisotopic (exact) mass is 581 g/mol. The van der Waals surface area contributed by atoms with Gasteiger partial charge in [0.05, 0.1) is 16.7 Å². The molecular formula is C30H33F6N3O2. The molecule has 3 aromatic rings. The van der Waals surface area contributed by atoms with Crippen molar-refractivity contribution in [1.82, 2.24) is 15.1 Å². The van der Waals surface area contributed by atoms with E-state index < -0.39 is 29.4 Å². The van der Waals surface area contributed by atoms with E-state index in [1.54, 1.807) is 17.0 Å². The van der Waals surface area contributed by atoms with Gasteiger partial charge in [0.2, 0.25) is 0 Å². The van der Waals surface area contributed by atoms with Crippen LogP contribution in [0.1, 0.15) is 44.6 Å². The fraction of sp³-hybridized carbons (Fsp3) is 0.367. The van der Waals surface area contributed by atoms with Gasteiger partial charge in [-0.3, -0.25) is 4.90 Å². The predicted molar refractivity (Wildman–Crippen MR) is 144 cm³/mol. The SMILES string of the molecule is CN(CCNCCCN(Cc1ccc(C(=O)O)cc1)Cc1cc(C(F)(F)F)cc(C(F)(F)F)c1)Cc1ccccc1. The molecule has 222 valence electrons. The zero-order chi connectivity index (χ0) is 30.0. The third kappa shape index (κ3) is 10.8. The van der Waals surface area contributed by atoms with Crippen LogP contribution in [0.15, 0.2) is 72.8 Å². The van der Waals surface area contributed by atoms with Crippen LogP contribution in [0, 0.1) is 0 Å². The summed E-state index contributed by atoms with van der Waals surface area (Å²) in [6.45, 7) is 3.37. The molecular weight excluding hydrogens is 548 g/mol. The molecule has 0 amide bonds. The number of benzene rings is 3. The van der Waals surface area contributed by atoms with Crippen molar-refractivity contribution in [3.8, 4) is 0 Å². The third-order valence-electron chi connectivity index (χ3n) is 6.45. The molecule has 0 aliphatic rings. The van der Waals surface area contributed by atoms with E-state index in [4.69, 9.17) is 5.11 Å². The second-order valence-electron chi connectivity index (χ2n) is 9.95. The first-order valence-corrected chi connectivity index (χ1v) is 13.1. The van der Waals surface area contributed by atoms with Gasteiger partial charge in [0.25, 0.3) is 0 Å². The molecule has 0 heterocycles. The standard InChI is InChI=1S/C30H33F6N3O2/c1-38(19-22-6-3-2-4-7-22)15-13-37-12-5-14-39(20-23-8-10-25(11-9-23)28(40)41)21-24-16-26(29(31,32)33)18-27(17-24)30(34,35)36/h2-4,6-11,16-18,37H,5,12-15,19-21H2,1H3,(H,40,41). The largest absolute Gasteiger partial charge is 0.478 e. The minimum absolute atomic E-state index is 0.0782. The van der Waals surface area contributed by atoms with Crippen LogP contribution in [0.2, 0.25) is 0 Å². The Morgan fingerprint density at radius 3 is 1.85 bits per heavy atom. The molecule has 0 saturated heterocycles. The topological polar surface area (TPSA) is 55.8 Å². The number of hydrogen-bond donors (Lipinski definition) is 2. The number of nitrogens with zero attached hydrogens (tertiary/aromatic N) is 2. The molecule has 0 aliphatic carbocycles. The van der Waals surface area contributed by atoms with Crippen molar-refractivity contribution in [2.75, 3.05) is 33.2 Å². The molecule has 0 saturated carbocycles. The first-order valence-electron chi connectivity index (χ1n) is 13.1. The summed E-state index contributed by atoms with van der Waals surface area (Å²) in [5.74, 6) is -1.10. The first-order chi connectivity index (χ1) is 19.3. The highest BCUT2D eigenvalue weighted by Gasteiger charge is 2.37. The number of carbonyl (C=O) groups is 1. The van der Waals surface area contributed by atoms with Crippen molar-refractivity contribution in [3.05, 3.63) is 106 Å². The fourth-order valence-corrected chi connectivity index (χ4v) is 4.39. The summed E-state index contributed by atoms with van der Waals surface area (Å²) in [6.07, 6.45) is -9.25. The van der Waals surface area contributed by atoms with Gasteiger partial charge >= 0.3 is 18.3 Å². The lowest BCUT2D eigenvalue weighted by Gasteiger charge is -2.24. The Kier molecular flexibility index (Phi) is 11.3. The predicted octanol–water partition coefficient (Wildman–Crippen LogP) is 6.54. The van der Waals surface area contributed by atoms with E-state index in [9.17, 15) is 31.1 Å². The van der Waals surface area contributed by atoms with Crippen LogP contribution >= 0.6 is 0 Å². The molecule has 0 atom stereocenters. The molecule has 0 bridgehead atoms. The molecule has 0 radical (unpaired) electrons. The van der Waals surface area contributed by atoms with E-state index >= 15 is 0 Å². The molecule has 0 spiro atoms. The van der Waals surface area contributed by atoms with Gasteiger partial charge in [-0.2, -0.15) is 26.3 Å². The van der Waals surface area contributed by atoms with E-state index in [2.05, 4.69) is 22.3 Å². The maximum Gasteiger partial charge on any atom is 0.416 e. The number of nitrogens with one attached hydrogen (secondary N) is 1. The van der Waals surface area contributed by atoms with Crippen LogP contribution in [-0.2, 0) is 32.0 Å². The van der Waals surface area contributed by atoms with Crippen molar-refractivity contribution in [3.63, 3.8) is 0 Å². The molecule has 5 nitrogen and oxygen atoms in total. The van der Waals surface area contributed by atoms with Gasteiger partial charge in [-0.15, -0.1) is 0 Å². The molecule has 2 N–H and O–H groups in total. The minimum atomic E-state index is -4.93. The molecule has 3 rings (SSSR count). The lowest BCUT2D eigenvalue weighted by Crippen LogP contribution is -2.31. The minimum Gasteiger partial charge on any atom is -0.478 e. The average molecular weight is 582 g/mol. The maximum atomic E-state index is 13.4. The first kappa shape index (κ1) is 32.1. The summed E-state index contributed by atoms with van der Waals surface area (Å²) >= 11 is 0. The second kappa shape index (κ2) is 14.5. The Balaban J connectivity index is 1.64. The van der Waals surface area contributed by atoms with Crippen molar-refractivity contribution < 1.29 is 36.2 Å². The summed E-state index contributed by atoms with van der Waals surface area (Å²) in [4.78, 5) is 15.1. The van der Waals surface area contributed by atoms with E-state index in [0.717, 1.165) is 25.2 Å². The van der Waals surface area contributed by atoms with Crippen LogP contribution in [0.5, 0.6) is 0 Å². The second-order valence-corrected chi connectivity index (χ2v) is 9.95. The van der Waals surface area contributed by atoms with E-state index in [1.807, 2.05) is 25.2 Å². The smallest absolute Gasteiger partial charge is 0.416 e. The molecule has 3 aromatic carbocycles. The Bertz CT molecular complexity index is 1220. The summed E-state index contributed by atoms with van der Waals surface area (Å²) in [7, 11) is 2.01. The van der Waals surface area contributed by atoms with Crippen LogP contribution in [0.4, 0.5) is 26.3 Å². The van der Waals surface area contributed by atoms with Crippen LogP contribution in [-0.4, -0.2) is 54.1 Å². The normalized spacial score (nSPS) is 12.3. The van der Waals surface area contributed by atoms with Crippen molar-refractivity contribution in [2.24, 2.45) is 0 Å². The van der Waals surface area contributed by atoms with Gasteiger partial charge in [0.1, 0.15) is 0 Å². The molecule has 0 unspecified atom stereocenters. The summed E-state index contributed by atoms with van der Waals surface area (Å²) < 4.78 is 80.3. The third-order valence-corrected chi connectivity index (χ3v) is 6.45. The maximum absolute atomic E-state index is 13.4. The van der Waals surface area contributed by atoms with Gasteiger partial charge in [-0.25, -0.2) is 4.79 Å². The molecule has 0 aromatic heterocycles. The van der Waals surface area contributed by atoms with Gasteiger partial charge in [0.15, 0.2) is 0 Å². The van der Waals surface area contributed by atoms with E-state index in [-0.39, 0.29) is 30.3 Å². The Hall–Kier alpha value is -3.41. The summed E-state index contributed by atoms with van der Waals surface area (Å²) in [6, 6.07) is 17.6. The van der Waals surface area contributed by atoms with Crippen LogP contribution in [0.25, 0.3) is 0 Å². The highest BCUT2D eigenvalue weighted by molar-refractivity contribution is 5.87. The number of aromatic carboxylic acids is 1.